The van der Waals surface area contributed by atoms with Gasteiger partial charge in [0.15, 0.2) is 0 Å². The number of hydrogen-bond donors (Lipinski definition) is 1. The van der Waals surface area contributed by atoms with Crippen molar-refractivity contribution in [2.45, 2.75) is 64.5 Å². The molecule has 2 heteroatoms. The van der Waals surface area contributed by atoms with Gasteiger partial charge >= 0.3 is 0 Å². The van der Waals surface area contributed by atoms with Gasteiger partial charge in [0.1, 0.15) is 0 Å². The standard InChI is InChI=1S/C19H31NO/c1-3-5-7-12-18(16-10-8-6-9-11-16)20-15-17-13-14-21-19(17)4-2/h6,8-11,17-20H,3-5,7,12-15H2,1-2H3. The Bertz CT molecular complexity index is 378. The van der Waals surface area contributed by atoms with Crippen molar-refractivity contribution in [1.29, 1.82) is 0 Å². The van der Waals surface area contributed by atoms with Gasteiger partial charge in [-0.2, -0.15) is 0 Å². The molecule has 3 atom stereocenters. The van der Waals surface area contributed by atoms with Crippen LogP contribution in [0, 0.1) is 5.92 Å². The Balaban J connectivity index is 1.89. The van der Waals surface area contributed by atoms with Crippen molar-refractivity contribution in [3.8, 4) is 0 Å². The van der Waals surface area contributed by atoms with E-state index in [9.17, 15) is 0 Å². The fourth-order valence-corrected chi connectivity index (χ4v) is 3.34. The first kappa shape index (κ1) is 16.5. The number of hydrogen-bond acceptors (Lipinski definition) is 2. The average molecular weight is 289 g/mol. The van der Waals surface area contributed by atoms with E-state index in [-0.39, 0.29) is 0 Å². The zero-order chi connectivity index (χ0) is 14.9. The van der Waals surface area contributed by atoms with Crippen molar-refractivity contribution < 1.29 is 4.74 Å². The second-order valence-electron chi connectivity index (χ2n) is 6.23. The maximum absolute atomic E-state index is 5.81. The van der Waals surface area contributed by atoms with Crippen LogP contribution in [-0.2, 0) is 4.74 Å². The Kier molecular flexibility index (Phi) is 7.25. The second kappa shape index (κ2) is 9.22. The number of nitrogens with one attached hydrogen (secondary N) is 1. The molecule has 1 heterocycles. The zero-order valence-electron chi connectivity index (χ0n) is 13.7. The van der Waals surface area contributed by atoms with Crippen LogP contribution in [0.15, 0.2) is 30.3 Å². The van der Waals surface area contributed by atoms with E-state index in [0.717, 1.165) is 19.6 Å². The molecule has 0 spiro atoms. The van der Waals surface area contributed by atoms with E-state index >= 15 is 0 Å². The summed E-state index contributed by atoms with van der Waals surface area (Å²) in [5, 5.41) is 3.82. The van der Waals surface area contributed by atoms with Crippen LogP contribution in [0.3, 0.4) is 0 Å². The summed E-state index contributed by atoms with van der Waals surface area (Å²) in [4.78, 5) is 0. The van der Waals surface area contributed by atoms with E-state index in [2.05, 4.69) is 49.5 Å². The molecule has 0 amide bonds. The van der Waals surface area contributed by atoms with E-state index in [1.807, 2.05) is 0 Å². The van der Waals surface area contributed by atoms with E-state index in [1.165, 1.54) is 37.7 Å². The van der Waals surface area contributed by atoms with Gasteiger partial charge in [-0.15, -0.1) is 0 Å². The highest BCUT2D eigenvalue weighted by Crippen LogP contribution is 2.25. The molecule has 1 aliphatic heterocycles. The molecular formula is C19H31NO. The fraction of sp³-hybridized carbons (Fsp3) is 0.684. The molecule has 3 unspecified atom stereocenters. The predicted octanol–water partition coefficient (Wildman–Crippen LogP) is 4.71. The van der Waals surface area contributed by atoms with Crippen LogP contribution in [0.5, 0.6) is 0 Å². The Labute approximate surface area is 130 Å². The SMILES string of the molecule is CCCCCC(NCC1CCOC1CC)c1ccccc1. The molecule has 1 aromatic carbocycles. The van der Waals surface area contributed by atoms with Crippen molar-refractivity contribution in [3.05, 3.63) is 35.9 Å². The van der Waals surface area contributed by atoms with Crippen LogP contribution < -0.4 is 5.32 Å². The van der Waals surface area contributed by atoms with E-state index in [4.69, 9.17) is 4.74 Å². The lowest BCUT2D eigenvalue weighted by Crippen LogP contribution is -2.31. The van der Waals surface area contributed by atoms with Crippen LogP contribution in [0.1, 0.15) is 64.0 Å². The Morgan fingerprint density at radius 2 is 2.00 bits per heavy atom. The first-order valence-corrected chi connectivity index (χ1v) is 8.75. The summed E-state index contributed by atoms with van der Waals surface area (Å²) in [7, 11) is 0. The van der Waals surface area contributed by atoms with Gasteiger partial charge in [-0.05, 0) is 30.7 Å². The lowest BCUT2D eigenvalue weighted by molar-refractivity contribution is 0.0865. The minimum Gasteiger partial charge on any atom is -0.378 e. The van der Waals surface area contributed by atoms with E-state index in [0.29, 0.717) is 18.1 Å². The van der Waals surface area contributed by atoms with Crippen LogP contribution in [-0.4, -0.2) is 19.3 Å². The quantitative estimate of drug-likeness (QED) is 0.665. The summed E-state index contributed by atoms with van der Waals surface area (Å²) in [5.74, 6) is 0.687. The zero-order valence-corrected chi connectivity index (χ0v) is 13.7. The van der Waals surface area contributed by atoms with Crippen LogP contribution in [0.25, 0.3) is 0 Å². The number of ether oxygens (including phenoxy) is 1. The highest BCUT2D eigenvalue weighted by atomic mass is 16.5. The van der Waals surface area contributed by atoms with Crippen LogP contribution >= 0.6 is 0 Å². The molecule has 1 fully saturated rings. The molecule has 2 rings (SSSR count). The summed E-state index contributed by atoms with van der Waals surface area (Å²) >= 11 is 0. The molecular weight excluding hydrogens is 258 g/mol. The third-order valence-corrected chi connectivity index (χ3v) is 4.67. The van der Waals surface area contributed by atoms with Crippen LogP contribution in [0.2, 0.25) is 0 Å². The molecule has 1 aromatic rings. The molecule has 0 aliphatic carbocycles. The van der Waals surface area contributed by atoms with Gasteiger partial charge in [0, 0.05) is 19.2 Å². The van der Waals surface area contributed by atoms with Gasteiger partial charge in [-0.25, -0.2) is 0 Å². The summed E-state index contributed by atoms with van der Waals surface area (Å²) in [6.45, 7) is 6.53. The first-order valence-electron chi connectivity index (χ1n) is 8.75. The number of unbranched alkanes of at least 4 members (excludes halogenated alkanes) is 2. The van der Waals surface area contributed by atoms with Crippen LogP contribution in [0.4, 0.5) is 0 Å². The minimum absolute atomic E-state index is 0.463. The van der Waals surface area contributed by atoms with Gasteiger partial charge < -0.3 is 10.1 Å². The summed E-state index contributed by atoms with van der Waals surface area (Å²) in [6.07, 6.45) is 7.97. The molecule has 0 saturated carbocycles. The Hall–Kier alpha value is -0.860. The van der Waals surface area contributed by atoms with Gasteiger partial charge in [0.2, 0.25) is 0 Å². The molecule has 1 saturated heterocycles. The lowest BCUT2D eigenvalue weighted by Gasteiger charge is -2.23. The van der Waals surface area contributed by atoms with Crippen molar-refractivity contribution in [2.24, 2.45) is 5.92 Å². The molecule has 21 heavy (non-hydrogen) atoms. The predicted molar refractivity (Wildman–Crippen MR) is 89.5 cm³/mol. The maximum Gasteiger partial charge on any atom is 0.0613 e. The third-order valence-electron chi connectivity index (χ3n) is 4.67. The molecule has 118 valence electrons. The summed E-state index contributed by atoms with van der Waals surface area (Å²) in [6, 6.07) is 11.4. The average Bonchev–Trinajstić information content (AvgIpc) is 2.99. The van der Waals surface area contributed by atoms with E-state index < -0.39 is 0 Å². The Morgan fingerprint density at radius 3 is 2.71 bits per heavy atom. The molecule has 0 bridgehead atoms. The molecule has 0 aromatic heterocycles. The monoisotopic (exact) mass is 289 g/mol. The normalized spacial score (nSPS) is 23.3. The highest BCUT2D eigenvalue weighted by molar-refractivity contribution is 5.18. The number of rotatable bonds is 9. The molecule has 1 aliphatic rings. The fourth-order valence-electron chi connectivity index (χ4n) is 3.34. The maximum atomic E-state index is 5.81. The Morgan fingerprint density at radius 1 is 1.19 bits per heavy atom. The van der Waals surface area contributed by atoms with Crippen molar-refractivity contribution in [1.82, 2.24) is 5.32 Å². The van der Waals surface area contributed by atoms with Gasteiger partial charge in [0.05, 0.1) is 6.10 Å². The molecule has 0 radical (unpaired) electrons. The van der Waals surface area contributed by atoms with E-state index in [1.54, 1.807) is 0 Å². The summed E-state index contributed by atoms with van der Waals surface area (Å²) in [5.41, 5.74) is 1.43. The van der Waals surface area contributed by atoms with Gasteiger partial charge in [-0.1, -0.05) is 63.4 Å². The largest absolute Gasteiger partial charge is 0.378 e. The van der Waals surface area contributed by atoms with Gasteiger partial charge in [0.25, 0.3) is 0 Å². The smallest absolute Gasteiger partial charge is 0.0613 e. The van der Waals surface area contributed by atoms with Gasteiger partial charge in [-0.3, -0.25) is 0 Å². The second-order valence-corrected chi connectivity index (χ2v) is 6.23. The number of benzene rings is 1. The van der Waals surface area contributed by atoms with Crippen molar-refractivity contribution in [2.75, 3.05) is 13.2 Å². The van der Waals surface area contributed by atoms with Crippen molar-refractivity contribution >= 4 is 0 Å². The highest BCUT2D eigenvalue weighted by Gasteiger charge is 2.27. The topological polar surface area (TPSA) is 21.3 Å². The minimum atomic E-state index is 0.463. The summed E-state index contributed by atoms with van der Waals surface area (Å²) < 4.78 is 5.81. The molecule has 1 N–H and O–H groups in total. The van der Waals surface area contributed by atoms with Crippen molar-refractivity contribution in [3.63, 3.8) is 0 Å². The first-order chi connectivity index (χ1) is 10.3. The lowest BCUT2D eigenvalue weighted by atomic mass is 9.96. The third kappa shape index (κ3) is 5.12. The molecule has 2 nitrogen and oxygen atoms in total.